The molecule has 0 aliphatic heterocycles. The zero-order valence-corrected chi connectivity index (χ0v) is 21.7. The maximum Gasteiger partial charge on any atom is 0.490 e. The summed E-state index contributed by atoms with van der Waals surface area (Å²) in [5, 5.41) is 10.2. The molecule has 0 atom stereocenters. The number of rotatable bonds is 9. The summed E-state index contributed by atoms with van der Waals surface area (Å²) < 4.78 is 37.8. The predicted molar refractivity (Wildman–Crippen MR) is 138 cm³/mol. The Kier molecular flexibility index (Phi) is 11.9. The predicted octanol–water partition coefficient (Wildman–Crippen LogP) is 6.76. The quantitative estimate of drug-likeness (QED) is 0.380. The number of amides is 1. The first-order valence-corrected chi connectivity index (χ1v) is 12.7. The highest BCUT2D eigenvalue weighted by atomic mass is 19.4. The first-order valence-electron chi connectivity index (χ1n) is 12.7. The third-order valence-electron chi connectivity index (χ3n) is 6.32. The molecule has 0 unspecified atom stereocenters. The normalized spacial score (nSPS) is 14.2. The van der Waals surface area contributed by atoms with Gasteiger partial charge < -0.3 is 15.2 Å². The Labute approximate surface area is 216 Å². The van der Waals surface area contributed by atoms with E-state index in [9.17, 15) is 18.0 Å². The highest BCUT2D eigenvalue weighted by molar-refractivity contribution is 6.05. The van der Waals surface area contributed by atoms with Crippen molar-refractivity contribution in [3.05, 3.63) is 59.7 Å². The molecule has 204 valence electrons. The monoisotopic (exact) mass is 522 g/mol. The van der Waals surface area contributed by atoms with E-state index in [4.69, 9.17) is 14.6 Å². The van der Waals surface area contributed by atoms with Gasteiger partial charge in [-0.05, 0) is 69.0 Å². The number of carbonyl (C=O) groups excluding carboxylic acids is 1. The van der Waals surface area contributed by atoms with Gasteiger partial charge in [-0.3, -0.25) is 9.69 Å². The number of para-hydroxylation sites is 2. The molecule has 2 aromatic carbocycles. The summed E-state index contributed by atoms with van der Waals surface area (Å²) in [5.41, 5.74) is 2.62. The van der Waals surface area contributed by atoms with Crippen LogP contribution in [-0.4, -0.2) is 47.3 Å². The molecule has 1 saturated carbocycles. The van der Waals surface area contributed by atoms with Crippen LogP contribution in [0.1, 0.15) is 68.8 Å². The van der Waals surface area contributed by atoms with Crippen LogP contribution in [0.3, 0.4) is 0 Å². The van der Waals surface area contributed by atoms with Gasteiger partial charge in [-0.2, -0.15) is 13.2 Å². The molecule has 0 saturated heterocycles. The van der Waals surface area contributed by atoms with Gasteiger partial charge in [0.1, 0.15) is 5.75 Å². The van der Waals surface area contributed by atoms with Gasteiger partial charge in [0.05, 0.1) is 12.3 Å². The number of nitrogens with one attached hydrogen (secondary N) is 1. The molecule has 3 rings (SSSR count). The molecule has 37 heavy (non-hydrogen) atoms. The Morgan fingerprint density at radius 1 is 1.05 bits per heavy atom. The zero-order chi connectivity index (χ0) is 27.4. The first-order chi connectivity index (χ1) is 17.5. The summed E-state index contributed by atoms with van der Waals surface area (Å²) in [4.78, 5) is 24.1. The van der Waals surface area contributed by atoms with Crippen LogP contribution >= 0.6 is 0 Å². The number of anilines is 1. The van der Waals surface area contributed by atoms with Crippen molar-refractivity contribution in [2.75, 3.05) is 18.5 Å². The number of hydrogen-bond acceptors (Lipinski definition) is 4. The number of halogens is 3. The van der Waals surface area contributed by atoms with Crippen LogP contribution in [0, 0.1) is 5.92 Å². The minimum atomic E-state index is -5.08. The number of nitrogens with zero attached hydrogens (tertiary/aromatic N) is 1. The van der Waals surface area contributed by atoms with E-state index in [1.807, 2.05) is 48.5 Å². The number of carboxylic acids is 1. The van der Waals surface area contributed by atoms with Crippen molar-refractivity contribution in [2.45, 2.75) is 71.6 Å². The van der Waals surface area contributed by atoms with Crippen molar-refractivity contribution in [1.29, 1.82) is 0 Å². The minimum Gasteiger partial charge on any atom is -0.491 e. The second-order valence-electron chi connectivity index (χ2n) is 9.42. The molecule has 9 heteroatoms. The van der Waals surface area contributed by atoms with Gasteiger partial charge in [-0.25, -0.2) is 4.79 Å². The summed E-state index contributed by atoms with van der Waals surface area (Å²) in [6.07, 6.45) is 1.35. The molecule has 1 aliphatic rings. The SMILES string of the molecule is CCN(Cc1ccc(C(=O)Nc2ccccc2OCC2CCCCC2)cc1)C(C)C.O=C(O)C(F)(F)F. The van der Waals surface area contributed by atoms with Crippen molar-refractivity contribution in [3.63, 3.8) is 0 Å². The minimum absolute atomic E-state index is 0.105. The standard InChI is InChI=1S/C26H36N2O2.C2HF3O2/c1-4-28(20(2)3)18-21-14-16-23(17-15-21)26(29)27-24-12-8-9-13-25(24)30-19-22-10-6-5-7-11-22;3-2(4,5)1(6)7/h8-9,12-17,20,22H,4-7,10-11,18-19H2,1-3H3,(H,27,29);(H,6,7). The first kappa shape index (κ1) is 30.2. The topological polar surface area (TPSA) is 78.9 Å². The van der Waals surface area contributed by atoms with Crippen molar-refractivity contribution in [2.24, 2.45) is 5.92 Å². The van der Waals surface area contributed by atoms with Crippen molar-refractivity contribution >= 4 is 17.6 Å². The van der Waals surface area contributed by atoms with Crippen LogP contribution in [0.4, 0.5) is 18.9 Å². The van der Waals surface area contributed by atoms with Crippen LogP contribution in [-0.2, 0) is 11.3 Å². The van der Waals surface area contributed by atoms with Gasteiger partial charge in [0.15, 0.2) is 0 Å². The van der Waals surface area contributed by atoms with E-state index in [1.165, 1.54) is 37.7 Å². The van der Waals surface area contributed by atoms with Crippen LogP contribution in [0.2, 0.25) is 0 Å². The van der Waals surface area contributed by atoms with Gasteiger partial charge in [0, 0.05) is 18.2 Å². The molecular weight excluding hydrogens is 485 g/mol. The van der Waals surface area contributed by atoms with Crippen LogP contribution < -0.4 is 10.1 Å². The van der Waals surface area contributed by atoms with E-state index in [1.54, 1.807) is 0 Å². The van der Waals surface area contributed by atoms with Gasteiger partial charge >= 0.3 is 12.1 Å². The third kappa shape index (κ3) is 10.4. The number of hydrogen-bond donors (Lipinski definition) is 2. The second kappa shape index (κ2) is 14.6. The average molecular weight is 523 g/mol. The Morgan fingerprint density at radius 2 is 1.65 bits per heavy atom. The lowest BCUT2D eigenvalue weighted by atomic mass is 9.90. The average Bonchev–Trinajstić information content (AvgIpc) is 2.87. The summed E-state index contributed by atoms with van der Waals surface area (Å²) in [6, 6.07) is 16.1. The zero-order valence-electron chi connectivity index (χ0n) is 21.7. The van der Waals surface area contributed by atoms with Gasteiger partial charge in [-0.1, -0.05) is 50.5 Å². The summed E-state index contributed by atoms with van der Waals surface area (Å²) >= 11 is 0. The molecule has 0 aromatic heterocycles. The fourth-order valence-corrected chi connectivity index (χ4v) is 4.11. The Hall–Kier alpha value is -3.07. The highest BCUT2D eigenvalue weighted by Crippen LogP contribution is 2.28. The van der Waals surface area contributed by atoms with Crippen LogP contribution in [0.5, 0.6) is 5.75 Å². The number of carbonyl (C=O) groups is 2. The molecule has 1 aliphatic carbocycles. The highest BCUT2D eigenvalue weighted by Gasteiger charge is 2.38. The van der Waals surface area contributed by atoms with E-state index < -0.39 is 12.1 Å². The Bertz CT molecular complexity index is 988. The number of ether oxygens (including phenoxy) is 1. The Balaban J connectivity index is 0.000000604. The molecule has 0 spiro atoms. The molecule has 0 bridgehead atoms. The molecule has 6 nitrogen and oxygen atoms in total. The summed E-state index contributed by atoms with van der Waals surface area (Å²) in [6.45, 7) is 9.23. The second-order valence-corrected chi connectivity index (χ2v) is 9.42. The van der Waals surface area contributed by atoms with E-state index in [-0.39, 0.29) is 5.91 Å². The van der Waals surface area contributed by atoms with E-state index in [2.05, 4.69) is 31.0 Å². The third-order valence-corrected chi connectivity index (χ3v) is 6.32. The smallest absolute Gasteiger partial charge is 0.490 e. The van der Waals surface area contributed by atoms with Crippen molar-refractivity contribution in [3.8, 4) is 5.75 Å². The fraction of sp³-hybridized carbons (Fsp3) is 0.500. The number of carboxylic acid groups (broad SMARTS) is 1. The van der Waals surface area contributed by atoms with Gasteiger partial charge in [-0.15, -0.1) is 0 Å². The molecular formula is C28H37F3N2O4. The van der Waals surface area contributed by atoms with Crippen LogP contribution in [0.15, 0.2) is 48.5 Å². The molecule has 0 heterocycles. The van der Waals surface area contributed by atoms with Gasteiger partial charge in [0.2, 0.25) is 0 Å². The lowest BCUT2D eigenvalue weighted by molar-refractivity contribution is -0.192. The maximum absolute atomic E-state index is 12.8. The molecule has 1 amide bonds. The Morgan fingerprint density at radius 3 is 2.19 bits per heavy atom. The van der Waals surface area contributed by atoms with E-state index in [0.29, 0.717) is 17.5 Å². The van der Waals surface area contributed by atoms with E-state index >= 15 is 0 Å². The lowest BCUT2D eigenvalue weighted by Crippen LogP contribution is -2.29. The van der Waals surface area contributed by atoms with Crippen molar-refractivity contribution in [1.82, 2.24) is 4.90 Å². The lowest BCUT2D eigenvalue weighted by Gasteiger charge is -2.24. The van der Waals surface area contributed by atoms with Gasteiger partial charge in [0.25, 0.3) is 5.91 Å². The molecule has 1 fully saturated rings. The largest absolute Gasteiger partial charge is 0.491 e. The molecule has 2 aromatic rings. The fourth-order valence-electron chi connectivity index (χ4n) is 4.11. The number of benzene rings is 2. The maximum atomic E-state index is 12.8. The number of aliphatic carboxylic acids is 1. The summed E-state index contributed by atoms with van der Waals surface area (Å²) in [5.74, 6) is -1.48. The molecule has 0 radical (unpaired) electrons. The van der Waals surface area contributed by atoms with Crippen LogP contribution in [0.25, 0.3) is 0 Å². The number of alkyl halides is 3. The van der Waals surface area contributed by atoms with E-state index in [0.717, 1.165) is 31.1 Å². The van der Waals surface area contributed by atoms with Crippen molar-refractivity contribution < 1.29 is 32.6 Å². The summed E-state index contributed by atoms with van der Waals surface area (Å²) in [7, 11) is 0. The molecule has 2 N–H and O–H groups in total.